The minimum atomic E-state index is -0.855. The van der Waals surface area contributed by atoms with Crippen LogP contribution in [-0.4, -0.2) is 35.9 Å². The maximum atomic E-state index is 10.7. The molecule has 1 saturated heterocycles. The number of nitrogens with one attached hydrogen (secondary N) is 1. The maximum absolute atomic E-state index is 10.7. The van der Waals surface area contributed by atoms with Gasteiger partial charge in [-0.2, -0.15) is 0 Å². The van der Waals surface area contributed by atoms with Gasteiger partial charge in [0, 0.05) is 13.2 Å². The summed E-state index contributed by atoms with van der Waals surface area (Å²) in [6.07, 6.45) is 2.31. The quantitative estimate of drug-likeness (QED) is 0.677. The van der Waals surface area contributed by atoms with Crippen LogP contribution >= 0.6 is 0 Å². The van der Waals surface area contributed by atoms with Gasteiger partial charge in [-0.25, -0.2) is 0 Å². The lowest BCUT2D eigenvalue weighted by Gasteiger charge is -2.22. The first-order valence-corrected chi connectivity index (χ1v) is 4.62. The minimum Gasteiger partial charge on any atom is -0.480 e. The van der Waals surface area contributed by atoms with Crippen LogP contribution in [0.2, 0.25) is 0 Å². The average Bonchev–Trinajstić information content (AvgIpc) is 2.52. The number of hydrogen-bond donors (Lipinski definition) is 2. The van der Waals surface area contributed by atoms with Crippen LogP contribution in [0, 0.1) is 0 Å². The Hall–Kier alpha value is -0.610. The highest BCUT2D eigenvalue weighted by molar-refractivity contribution is 5.77. The summed E-state index contributed by atoms with van der Waals surface area (Å²) < 4.78 is 5.37. The Kier molecular flexibility index (Phi) is 3.27. The first-order valence-electron chi connectivity index (χ1n) is 4.62. The Bertz CT molecular complexity index is 185. The zero-order chi connectivity index (χ0) is 9.90. The molecule has 0 bridgehead atoms. The normalized spacial score (nSPS) is 23.4. The van der Waals surface area contributed by atoms with Gasteiger partial charge in [-0.05, 0) is 26.7 Å². The van der Waals surface area contributed by atoms with E-state index in [1.165, 1.54) is 0 Å². The Morgan fingerprint density at radius 3 is 2.85 bits per heavy atom. The van der Waals surface area contributed by atoms with Crippen LogP contribution in [0.4, 0.5) is 0 Å². The predicted molar refractivity (Wildman–Crippen MR) is 48.7 cm³/mol. The molecule has 13 heavy (non-hydrogen) atoms. The molecule has 0 saturated carbocycles. The van der Waals surface area contributed by atoms with E-state index in [-0.39, 0.29) is 6.10 Å². The summed E-state index contributed by atoms with van der Waals surface area (Å²) in [5.41, 5.74) is -0.855. The van der Waals surface area contributed by atoms with E-state index in [1.807, 2.05) is 0 Å². The van der Waals surface area contributed by atoms with Crippen molar-refractivity contribution in [3.63, 3.8) is 0 Å². The Morgan fingerprint density at radius 2 is 2.38 bits per heavy atom. The van der Waals surface area contributed by atoms with E-state index in [9.17, 15) is 4.79 Å². The SMILES string of the molecule is CC(C)(NC[C@H]1CCCO1)C(=O)O. The zero-order valence-electron chi connectivity index (χ0n) is 8.17. The van der Waals surface area contributed by atoms with E-state index in [1.54, 1.807) is 13.8 Å². The van der Waals surface area contributed by atoms with Crippen molar-refractivity contribution in [3.8, 4) is 0 Å². The maximum Gasteiger partial charge on any atom is 0.323 e. The van der Waals surface area contributed by atoms with Crippen LogP contribution in [0.1, 0.15) is 26.7 Å². The molecule has 0 spiro atoms. The summed E-state index contributed by atoms with van der Waals surface area (Å²) in [5, 5.41) is 11.8. The molecule has 1 fully saturated rings. The number of carbonyl (C=O) groups is 1. The van der Waals surface area contributed by atoms with Crippen LogP contribution in [0.5, 0.6) is 0 Å². The van der Waals surface area contributed by atoms with Crippen molar-refractivity contribution in [2.45, 2.75) is 38.3 Å². The molecule has 1 heterocycles. The molecule has 1 rings (SSSR count). The molecular weight excluding hydrogens is 170 g/mol. The molecule has 1 aliphatic heterocycles. The summed E-state index contributed by atoms with van der Waals surface area (Å²) >= 11 is 0. The summed E-state index contributed by atoms with van der Waals surface area (Å²) in [4.78, 5) is 10.7. The van der Waals surface area contributed by atoms with Crippen LogP contribution < -0.4 is 5.32 Å². The molecule has 1 aliphatic rings. The smallest absolute Gasteiger partial charge is 0.323 e. The molecule has 0 unspecified atom stereocenters. The molecule has 4 nitrogen and oxygen atoms in total. The van der Waals surface area contributed by atoms with Crippen molar-refractivity contribution in [3.05, 3.63) is 0 Å². The third kappa shape index (κ3) is 2.97. The monoisotopic (exact) mass is 187 g/mol. The largest absolute Gasteiger partial charge is 0.480 e. The van der Waals surface area contributed by atoms with Crippen molar-refractivity contribution in [2.75, 3.05) is 13.2 Å². The molecular formula is C9H17NO3. The van der Waals surface area contributed by atoms with Crippen molar-refractivity contribution in [1.82, 2.24) is 5.32 Å². The molecule has 4 heteroatoms. The first kappa shape index (κ1) is 10.5. The molecule has 76 valence electrons. The molecule has 1 atom stereocenters. The topological polar surface area (TPSA) is 58.6 Å². The second-order valence-corrected chi connectivity index (χ2v) is 3.95. The second kappa shape index (κ2) is 4.07. The van der Waals surface area contributed by atoms with Crippen LogP contribution in [0.15, 0.2) is 0 Å². The number of aliphatic carboxylic acids is 1. The fourth-order valence-corrected chi connectivity index (χ4v) is 1.25. The van der Waals surface area contributed by atoms with Crippen molar-refractivity contribution in [1.29, 1.82) is 0 Å². The third-order valence-electron chi connectivity index (χ3n) is 2.33. The highest BCUT2D eigenvalue weighted by Gasteiger charge is 2.28. The minimum absolute atomic E-state index is 0.193. The van der Waals surface area contributed by atoms with E-state index >= 15 is 0 Å². The van der Waals surface area contributed by atoms with Crippen LogP contribution in [0.3, 0.4) is 0 Å². The third-order valence-corrected chi connectivity index (χ3v) is 2.33. The molecule has 0 aromatic heterocycles. The number of hydrogen-bond acceptors (Lipinski definition) is 3. The summed E-state index contributed by atoms with van der Waals surface area (Å²) in [7, 11) is 0. The van der Waals surface area contributed by atoms with Crippen LogP contribution in [0.25, 0.3) is 0 Å². The van der Waals surface area contributed by atoms with Gasteiger partial charge in [-0.15, -0.1) is 0 Å². The van der Waals surface area contributed by atoms with Crippen molar-refractivity contribution in [2.24, 2.45) is 0 Å². The highest BCUT2D eigenvalue weighted by atomic mass is 16.5. The zero-order valence-corrected chi connectivity index (χ0v) is 8.17. The van der Waals surface area contributed by atoms with Gasteiger partial charge in [0.05, 0.1) is 6.10 Å². The molecule has 0 aromatic carbocycles. The average molecular weight is 187 g/mol. The fraction of sp³-hybridized carbons (Fsp3) is 0.889. The number of carboxylic acid groups (broad SMARTS) is 1. The van der Waals surface area contributed by atoms with Crippen LogP contribution in [-0.2, 0) is 9.53 Å². The molecule has 0 amide bonds. The van der Waals surface area contributed by atoms with Crippen molar-refractivity contribution >= 4 is 5.97 Å². The van der Waals surface area contributed by atoms with E-state index in [2.05, 4.69) is 5.32 Å². The fourth-order valence-electron chi connectivity index (χ4n) is 1.25. The lowest BCUT2D eigenvalue weighted by molar-refractivity contribution is -0.143. The standard InChI is InChI=1S/C9H17NO3/c1-9(2,8(11)12)10-6-7-4-3-5-13-7/h7,10H,3-6H2,1-2H3,(H,11,12)/t7-/m1/s1. The summed E-state index contributed by atoms with van der Waals surface area (Å²) in [5.74, 6) is -0.828. The van der Waals surface area contributed by atoms with Gasteiger partial charge in [0.2, 0.25) is 0 Å². The van der Waals surface area contributed by atoms with Gasteiger partial charge in [0.1, 0.15) is 5.54 Å². The van der Waals surface area contributed by atoms with Gasteiger partial charge in [-0.1, -0.05) is 0 Å². The van der Waals surface area contributed by atoms with Gasteiger partial charge >= 0.3 is 5.97 Å². The second-order valence-electron chi connectivity index (χ2n) is 3.95. The summed E-state index contributed by atoms with van der Waals surface area (Å²) in [6, 6.07) is 0. The van der Waals surface area contributed by atoms with Gasteiger partial charge in [0.25, 0.3) is 0 Å². The lowest BCUT2D eigenvalue weighted by atomic mass is 10.1. The Morgan fingerprint density at radius 1 is 1.69 bits per heavy atom. The van der Waals surface area contributed by atoms with E-state index in [0.717, 1.165) is 19.4 Å². The first-order chi connectivity index (χ1) is 6.02. The molecule has 2 N–H and O–H groups in total. The van der Waals surface area contributed by atoms with Gasteiger partial charge in [0.15, 0.2) is 0 Å². The van der Waals surface area contributed by atoms with E-state index in [4.69, 9.17) is 9.84 Å². The Labute approximate surface area is 78.3 Å². The van der Waals surface area contributed by atoms with Gasteiger partial charge in [-0.3, -0.25) is 10.1 Å². The molecule has 0 aliphatic carbocycles. The van der Waals surface area contributed by atoms with E-state index < -0.39 is 11.5 Å². The highest BCUT2D eigenvalue weighted by Crippen LogP contribution is 2.12. The van der Waals surface area contributed by atoms with Crippen molar-refractivity contribution < 1.29 is 14.6 Å². The number of ether oxygens (including phenoxy) is 1. The molecule has 0 radical (unpaired) electrons. The predicted octanol–water partition coefficient (Wildman–Crippen LogP) is 0.618. The summed E-state index contributed by atoms with van der Waals surface area (Å²) in [6.45, 7) is 4.74. The number of carboxylic acids is 1. The number of rotatable bonds is 4. The molecule has 0 aromatic rings. The van der Waals surface area contributed by atoms with E-state index in [0.29, 0.717) is 6.54 Å². The van der Waals surface area contributed by atoms with Gasteiger partial charge < -0.3 is 9.84 Å². The Balaban J connectivity index is 2.28. The lowest BCUT2D eigenvalue weighted by Crippen LogP contribution is -2.49.